The third kappa shape index (κ3) is 3.10. The molecule has 6 nitrogen and oxygen atoms in total. The van der Waals surface area contributed by atoms with Gasteiger partial charge in [0, 0.05) is 36.3 Å². The van der Waals surface area contributed by atoms with Crippen molar-refractivity contribution in [2.45, 2.75) is 50.2 Å². The number of piperidine rings is 1. The number of fused-ring (bicyclic) bond motifs is 3. The lowest BCUT2D eigenvalue weighted by molar-refractivity contribution is 0.100. The summed E-state index contributed by atoms with van der Waals surface area (Å²) in [6, 6.07) is 8.66. The molecule has 0 radical (unpaired) electrons. The van der Waals surface area contributed by atoms with Crippen molar-refractivity contribution in [3.8, 4) is 6.07 Å². The summed E-state index contributed by atoms with van der Waals surface area (Å²) in [6.45, 7) is 0. The Bertz CT molecular complexity index is 1090. The van der Waals surface area contributed by atoms with Gasteiger partial charge in [0.25, 0.3) is 5.91 Å². The zero-order valence-corrected chi connectivity index (χ0v) is 17.2. The van der Waals surface area contributed by atoms with Crippen LogP contribution < -0.4 is 16.0 Å². The number of hydrogen-bond acceptors (Lipinski definition) is 5. The van der Waals surface area contributed by atoms with Crippen molar-refractivity contribution >= 4 is 35.0 Å². The Morgan fingerprint density at radius 2 is 2.07 bits per heavy atom. The summed E-state index contributed by atoms with van der Waals surface area (Å²) >= 11 is 6.51. The quantitative estimate of drug-likeness (QED) is 0.783. The number of nitrogens with two attached hydrogens (primary N) is 1. The summed E-state index contributed by atoms with van der Waals surface area (Å²) in [5.74, 6) is -0.460. The van der Waals surface area contributed by atoms with Crippen LogP contribution in [0.5, 0.6) is 0 Å². The van der Waals surface area contributed by atoms with E-state index in [9.17, 15) is 4.79 Å². The highest BCUT2D eigenvalue weighted by molar-refractivity contribution is 6.33. The predicted octanol–water partition coefficient (Wildman–Crippen LogP) is 3.89. The number of amides is 1. The zero-order valence-electron chi connectivity index (χ0n) is 16.4. The highest BCUT2D eigenvalue weighted by Crippen LogP contribution is 2.43. The van der Waals surface area contributed by atoms with E-state index in [1.54, 1.807) is 12.3 Å². The standard InChI is InChI=1S/C23H22ClN5O/c24-19-8-13(11-25)4-7-21(19)29-15-5-6-16(29)10-14(9-15)28-22-17-2-1-3-20(17)27-12-18(22)23(26)30/h1-2,4,7-8,12,14-16H,3,5-6,9-10H2,(H2,26,30)(H,27,28)/t14?,15-,16+. The predicted molar refractivity (Wildman–Crippen MR) is 118 cm³/mol. The number of anilines is 2. The lowest BCUT2D eigenvalue weighted by Crippen LogP contribution is -2.47. The SMILES string of the molecule is N#Cc1ccc(N2[C@@H]3CC[C@H]2CC(Nc2c(C(N)=O)cnc4c2C=CC4)C3)c(Cl)c1. The maximum absolute atomic E-state index is 12.0. The minimum Gasteiger partial charge on any atom is -0.381 e. The fraction of sp³-hybridized carbons (Fsp3) is 0.348. The van der Waals surface area contributed by atoms with E-state index in [1.165, 1.54) is 0 Å². The first-order valence-electron chi connectivity index (χ1n) is 10.3. The lowest BCUT2D eigenvalue weighted by Gasteiger charge is -2.41. The van der Waals surface area contributed by atoms with E-state index in [0.717, 1.165) is 54.7 Å². The van der Waals surface area contributed by atoms with Gasteiger partial charge in [-0.25, -0.2) is 0 Å². The Hall–Kier alpha value is -3.04. The molecule has 7 heteroatoms. The van der Waals surface area contributed by atoms with E-state index < -0.39 is 5.91 Å². The molecule has 1 aromatic carbocycles. The number of pyridine rings is 1. The molecule has 2 bridgehead atoms. The Balaban J connectivity index is 1.40. The molecule has 1 aliphatic carbocycles. The van der Waals surface area contributed by atoms with Crippen molar-refractivity contribution in [3.63, 3.8) is 0 Å². The van der Waals surface area contributed by atoms with Gasteiger partial charge in [0.1, 0.15) is 0 Å². The smallest absolute Gasteiger partial charge is 0.252 e. The van der Waals surface area contributed by atoms with Crippen molar-refractivity contribution in [3.05, 3.63) is 57.9 Å². The van der Waals surface area contributed by atoms with E-state index in [0.29, 0.717) is 28.2 Å². The zero-order chi connectivity index (χ0) is 20.8. The molecule has 0 saturated carbocycles. The molecule has 1 unspecified atom stereocenters. The van der Waals surface area contributed by atoms with Crippen molar-refractivity contribution in [1.29, 1.82) is 5.26 Å². The van der Waals surface area contributed by atoms with Gasteiger partial charge >= 0.3 is 0 Å². The molecule has 2 fully saturated rings. The van der Waals surface area contributed by atoms with E-state index in [1.807, 2.05) is 18.2 Å². The molecule has 2 saturated heterocycles. The highest BCUT2D eigenvalue weighted by Gasteiger charge is 2.42. The normalized spacial score (nSPS) is 23.9. The van der Waals surface area contributed by atoms with Crippen molar-refractivity contribution < 1.29 is 4.79 Å². The van der Waals surface area contributed by atoms with Gasteiger partial charge in [-0.05, 0) is 43.9 Å². The van der Waals surface area contributed by atoms with E-state index in [2.05, 4.69) is 27.3 Å². The fourth-order valence-electron chi connectivity index (χ4n) is 5.22. The van der Waals surface area contributed by atoms with Crippen LogP contribution in [0.4, 0.5) is 11.4 Å². The number of aromatic nitrogens is 1. The summed E-state index contributed by atoms with van der Waals surface area (Å²) in [5.41, 5.74) is 10.4. The summed E-state index contributed by atoms with van der Waals surface area (Å²) in [6.07, 6.45) is 10.6. The van der Waals surface area contributed by atoms with Crippen LogP contribution in [0, 0.1) is 11.3 Å². The van der Waals surface area contributed by atoms with Gasteiger partial charge in [0.15, 0.2) is 0 Å². The number of hydrogen-bond donors (Lipinski definition) is 2. The van der Waals surface area contributed by atoms with Crippen LogP contribution in [0.3, 0.4) is 0 Å². The topological polar surface area (TPSA) is 95.0 Å². The molecule has 1 aromatic heterocycles. The molecule has 5 rings (SSSR count). The molecule has 3 aliphatic rings. The fourth-order valence-corrected chi connectivity index (χ4v) is 5.50. The second kappa shape index (κ2) is 7.33. The van der Waals surface area contributed by atoms with Crippen LogP contribution in [0.1, 0.15) is 52.9 Å². The molecule has 3 atom stereocenters. The number of carbonyl (C=O) groups excluding carboxylic acids is 1. The van der Waals surface area contributed by atoms with Crippen molar-refractivity contribution in [2.24, 2.45) is 5.73 Å². The van der Waals surface area contributed by atoms with Crippen LogP contribution in [-0.2, 0) is 6.42 Å². The first-order valence-corrected chi connectivity index (χ1v) is 10.7. The minimum atomic E-state index is -0.460. The Kier molecular flexibility index (Phi) is 4.63. The molecule has 0 spiro atoms. The molecule has 2 aliphatic heterocycles. The van der Waals surface area contributed by atoms with Gasteiger partial charge < -0.3 is 16.0 Å². The number of nitrogens with one attached hydrogen (secondary N) is 1. The second-order valence-corrected chi connectivity index (χ2v) is 8.67. The van der Waals surface area contributed by atoms with Gasteiger partial charge in [-0.3, -0.25) is 9.78 Å². The number of halogens is 1. The van der Waals surface area contributed by atoms with Crippen LogP contribution in [-0.4, -0.2) is 29.0 Å². The molecule has 3 N–H and O–H groups in total. The molecule has 2 aromatic rings. The van der Waals surface area contributed by atoms with Gasteiger partial charge in [0.2, 0.25) is 0 Å². The van der Waals surface area contributed by atoms with Gasteiger partial charge in [-0.1, -0.05) is 23.8 Å². The van der Waals surface area contributed by atoms with Gasteiger partial charge in [-0.15, -0.1) is 0 Å². The molecule has 152 valence electrons. The average molecular weight is 420 g/mol. The van der Waals surface area contributed by atoms with Gasteiger partial charge in [0.05, 0.1) is 39.3 Å². The monoisotopic (exact) mass is 419 g/mol. The Morgan fingerprint density at radius 3 is 2.73 bits per heavy atom. The van der Waals surface area contributed by atoms with Crippen molar-refractivity contribution in [2.75, 3.05) is 10.2 Å². The molecule has 30 heavy (non-hydrogen) atoms. The minimum absolute atomic E-state index is 0.245. The lowest BCUT2D eigenvalue weighted by atomic mass is 9.95. The van der Waals surface area contributed by atoms with Crippen LogP contribution in [0.15, 0.2) is 30.5 Å². The largest absolute Gasteiger partial charge is 0.381 e. The molecule has 1 amide bonds. The first kappa shape index (κ1) is 19.0. The number of primary amides is 1. The van der Waals surface area contributed by atoms with Crippen molar-refractivity contribution in [1.82, 2.24) is 4.98 Å². The third-order valence-corrected chi connectivity index (χ3v) is 6.80. The van der Waals surface area contributed by atoms with E-state index >= 15 is 0 Å². The van der Waals surface area contributed by atoms with Crippen LogP contribution in [0.2, 0.25) is 5.02 Å². The third-order valence-electron chi connectivity index (χ3n) is 6.50. The second-order valence-electron chi connectivity index (χ2n) is 8.26. The van der Waals surface area contributed by atoms with Crippen LogP contribution >= 0.6 is 11.6 Å². The average Bonchev–Trinajstić information content (AvgIpc) is 3.30. The Morgan fingerprint density at radius 1 is 1.30 bits per heavy atom. The molecule has 3 heterocycles. The number of rotatable bonds is 4. The summed E-state index contributed by atoms with van der Waals surface area (Å²) < 4.78 is 0. The highest BCUT2D eigenvalue weighted by atomic mass is 35.5. The number of nitriles is 1. The van der Waals surface area contributed by atoms with E-state index in [-0.39, 0.29) is 6.04 Å². The first-order chi connectivity index (χ1) is 14.5. The maximum atomic E-state index is 12.0. The van der Waals surface area contributed by atoms with E-state index in [4.69, 9.17) is 22.6 Å². The number of allylic oxidation sites excluding steroid dienone is 1. The summed E-state index contributed by atoms with van der Waals surface area (Å²) in [4.78, 5) is 18.8. The Labute approximate surface area is 180 Å². The van der Waals surface area contributed by atoms with Crippen LogP contribution in [0.25, 0.3) is 6.08 Å². The van der Waals surface area contributed by atoms with Gasteiger partial charge in [-0.2, -0.15) is 5.26 Å². The molecular formula is C23H22ClN5O. The molecular weight excluding hydrogens is 398 g/mol. The summed E-state index contributed by atoms with van der Waals surface area (Å²) in [5, 5.41) is 13.4. The number of benzene rings is 1. The summed E-state index contributed by atoms with van der Waals surface area (Å²) in [7, 11) is 0. The maximum Gasteiger partial charge on any atom is 0.252 e. The number of nitrogens with zero attached hydrogens (tertiary/aromatic N) is 3. The number of carbonyl (C=O) groups is 1.